The molecule has 2 amide bonds. The zero-order valence-corrected chi connectivity index (χ0v) is 13.1. The van der Waals surface area contributed by atoms with E-state index in [2.05, 4.69) is 26.5 Å². The van der Waals surface area contributed by atoms with Gasteiger partial charge in [0.2, 0.25) is 0 Å². The van der Waals surface area contributed by atoms with Crippen LogP contribution >= 0.6 is 15.9 Å². The summed E-state index contributed by atoms with van der Waals surface area (Å²) in [7, 11) is 0. The molecule has 1 rings (SSSR count). The molecule has 0 radical (unpaired) electrons. The standard InChI is InChI=1S/C13H18BrN3O3/c1-3-5-20-12-10(14)6-9(7-11(12)19-4-2)8-16-17-13(15)18/h6-8H,3-5H2,1-2H3,(H3,15,17,18)/b16-8+. The molecule has 0 aromatic heterocycles. The van der Waals surface area contributed by atoms with Crippen molar-refractivity contribution in [3.8, 4) is 11.5 Å². The second-order valence-electron chi connectivity index (χ2n) is 3.85. The van der Waals surface area contributed by atoms with Crippen molar-refractivity contribution >= 4 is 28.2 Å². The van der Waals surface area contributed by atoms with Crippen LogP contribution in [0.1, 0.15) is 25.8 Å². The predicted octanol–water partition coefficient (Wildman–Crippen LogP) is 2.64. The van der Waals surface area contributed by atoms with E-state index in [4.69, 9.17) is 15.2 Å². The Labute approximate surface area is 126 Å². The summed E-state index contributed by atoms with van der Waals surface area (Å²) in [6.45, 7) is 5.06. The number of benzene rings is 1. The lowest BCUT2D eigenvalue weighted by Crippen LogP contribution is -2.24. The van der Waals surface area contributed by atoms with E-state index in [1.165, 1.54) is 6.21 Å². The number of amides is 2. The molecule has 1 aromatic carbocycles. The molecule has 0 fully saturated rings. The SMILES string of the molecule is CCCOc1c(Br)cc(/C=N/NC(N)=O)cc1OCC. The molecule has 0 aliphatic carbocycles. The van der Waals surface area contributed by atoms with Crippen LogP contribution in [0.25, 0.3) is 0 Å². The number of carbonyl (C=O) groups excluding carboxylic acids is 1. The third kappa shape index (κ3) is 5.08. The van der Waals surface area contributed by atoms with Crippen LogP contribution in [-0.2, 0) is 0 Å². The maximum atomic E-state index is 10.5. The van der Waals surface area contributed by atoms with Gasteiger partial charge in [-0.3, -0.25) is 0 Å². The van der Waals surface area contributed by atoms with Gasteiger partial charge in [-0.05, 0) is 47.0 Å². The number of nitrogens with two attached hydrogens (primary N) is 1. The number of nitrogens with one attached hydrogen (secondary N) is 1. The maximum absolute atomic E-state index is 10.5. The number of ether oxygens (including phenoxy) is 2. The van der Waals surface area contributed by atoms with Crippen molar-refractivity contribution in [3.63, 3.8) is 0 Å². The molecule has 0 aliphatic rings. The zero-order chi connectivity index (χ0) is 15.0. The summed E-state index contributed by atoms with van der Waals surface area (Å²) in [5.74, 6) is 1.28. The largest absolute Gasteiger partial charge is 0.490 e. The molecule has 7 heteroatoms. The van der Waals surface area contributed by atoms with E-state index in [1.807, 2.05) is 19.9 Å². The second-order valence-corrected chi connectivity index (χ2v) is 4.70. The van der Waals surface area contributed by atoms with Gasteiger partial charge in [0.1, 0.15) is 0 Å². The van der Waals surface area contributed by atoms with Gasteiger partial charge >= 0.3 is 6.03 Å². The lowest BCUT2D eigenvalue weighted by Gasteiger charge is -2.14. The van der Waals surface area contributed by atoms with E-state index in [1.54, 1.807) is 6.07 Å². The molecule has 20 heavy (non-hydrogen) atoms. The fraction of sp³-hybridized carbons (Fsp3) is 0.385. The van der Waals surface area contributed by atoms with Crippen LogP contribution in [0, 0.1) is 0 Å². The average molecular weight is 344 g/mol. The molecule has 0 spiro atoms. The number of rotatable bonds is 7. The van der Waals surface area contributed by atoms with Gasteiger partial charge in [0.05, 0.1) is 23.9 Å². The van der Waals surface area contributed by atoms with Crippen molar-refractivity contribution in [1.82, 2.24) is 5.43 Å². The second kappa shape index (κ2) is 8.42. The molecule has 110 valence electrons. The smallest absolute Gasteiger partial charge is 0.332 e. The first-order valence-electron chi connectivity index (χ1n) is 6.26. The highest BCUT2D eigenvalue weighted by atomic mass is 79.9. The monoisotopic (exact) mass is 343 g/mol. The lowest BCUT2D eigenvalue weighted by molar-refractivity contribution is 0.249. The summed E-state index contributed by atoms with van der Waals surface area (Å²) < 4.78 is 12.0. The Hall–Kier alpha value is -1.76. The summed E-state index contributed by atoms with van der Waals surface area (Å²) in [6, 6.07) is 2.89. The van der Waals surface area contributed by atoms with Gasteiger partial charge in [0.25, 0.3) is 0 Å². The van der Waals surface area contributed by atoms with Gasteiger partial charge in [-0.1, -0.05) is 6.92 Å². The third-order valence-corrected chi connectivity index (χ3v) is 2.76. The van der Waals surface area contributed by atoms with E-state index >= 15 is 0 Å². The molecular formula is C13H18BrN3O3. The van der Waals surface area contributed by atoms with Crippen molar-refractivity contribution in [1.29, 1.82) is 0 Å². The summed E-state index contributed by atoms with van der Waals surface area (Å²) in [5, 5.41) is 3.71. The number of primary amides is 1. The van der Waals surface area contributed by atoms with Gasteiger partial charge in [0, 0.05) is 0 Å². The number of hydrogen-bond acceptors (Lipinski definition) is 4. The fourth-order valence-corrected chi connectivity index (χ4v) is 2.01. The number of hydrogen-bond donors (Lipinski definition) is 2. The fourth-order valence-electron chi connectivity index (χ4n) is 1.44. The Morgan fingerprint density at radius 2 is 2.20 bits per heavy atom. The summed E-state index contributed by atoms with van der Waals surface area (Å²) in [4.78, 5) is 10.5. The molecule has 0 aliphatic heterocycles. The average Bonchev–Trinajstić information content (AvgIpc) is 2.38. The minimum Gasteiger partial charge on any atom is -0.490 e. The van der Waals surface area contributed by atoms with Crippen molar-refractivity contribution in [2.24, 2.45) is 10.8 Å². The first kappa shape index (κ1) is 16.3. The van der Waals surface area contributed by atoms with Crippen LogP contribution in [0.4, 0.5) is 4.79 Å². The third-order valence-electron chi connectivity index (χ3n) is 2.17. The minimum absolute atomic E-state index is 0.523. The van der Waals surface area contributed by atoms with Gasteiger partial charge in [-0.2, -0.15) is 5.10 Å². The predicted molar refractivity (Wildman–Crippen MR) is 81.4 cm³/mol. The molecule has 1 aromatic rings. The van der Waals surface area contributed by atoms with Crippen LogP contribution in [0.2, 0.25) is 0 Å². The van der Waals surface area contributed by atoms with Crippen LogP contribution in [0.3, 0.4) is 0 Å². The normalized spacial score (nSPS) is 10.6. The van der Waals surface area contributed by atoms with Crippen molar-refractivity contribution in [2.75, 3.05) is 13.2 Å². The Morgan fingerprint density at radius 1 is 1.45 bits per heavy atom. The molecule has 0 unspecified atom stereocenters. The van der Waals surface area contributed by atoms with Gasteiger partial charge in [-0.15, -0.1) is 0 Å². The van der Waals surface area contributed by atoms with Gasteiger partial charge in [0.15, 0.2) is 11.5 Å². The maximum Gasteiger partial charge on any atom is 0.332 e. The molecular weight excluding hydrogens is 326 g/mol. The molecule has 0 saturated carbocycles. The van der Waals surface area contributed by atoms with E-state index < -0.39 is 6.03 Å². The molecule has 0 bridgehead atoms. The van der Waals surface area contributed by atoms with Crippen LogP contribution in [0.5, 0.6) is 11.5 Å². The van der Waals surface area contributed by atoms with Gasteiger partial charge < -0.3 is 15.2 Å². The highest BCUT2D eigenvalue weighted by molar-refractivity contribution is 9.10. The van der Waals surface area contributed by atoms with Gasteiger partial charge in [-0.25, -0.2) is 10.2 Å². The molecule has 0 heterocycles. The first-order valence-corrected chi connectivity index (χ1v) is 7.05. The Kier molecular flexibility index (Phi) is 6.86. The van der Waals surface area contributed by atoms with Crippen molar-refractivity contribution < 1.29 is 14.3 Å². The first-order chi connectivity index (χ1) is 9.58. The van der Waals surface area contributed by atoms with Crippen LogP contribution in [-0.4, -0.2) is 25.5 Å². The van der Waals surface area contributed by atoms with E-state index in [9.17, 15) is 4.79 Å². The quantitative estimate of drug-likeness (QED) is 0.589. The molecule has 3 N–H and O–H groups in total. The highest BCUT2D eigenvalue weighted by Crippen LogP contribution is 2.36. The summed E-state index contributed by atoms with van der Waals surface area (Å²) in [5.41, 5.74) is 7.81. The summed E-state index contributed by atoms with van der Waals surface area (Å²) in [6.07, 6.45) is 2.38. The molecule has 0 saturated heterocycles. The number of nitrogens with zero attached hydrogens (tertiary/aromatic N) is 1. The Bertz CT molecular complexity index is 492. The molecule has 6 nitrogen and oxygen atoms in total. The number of urea groups is 1. The summed E-state index contributed by atoms with van der Waals surface area (Å²) >= 11 is 3.44. The van der Waals surface area contributed by atoms with E-state index in [-0.39, 0.29) is 0 Å². The van der Waals surface area contributed by atoms with Crippen LogP contribution in [0.15, 0.2) is 21.7 Å². The Morgan fingerprint density at radius 3 is 2.80 bits per heavy atom. The number of hydrazone groups is 1. The lowest BCUT2D eigenvalue weighted by atomic mass is 10.2. The number of carbonyl (C=O) groups is 1. The van der Waals surface area contributed by atoms with Crippen molar-refractivity contribution in [2.45, 2.75) is 20.3 Å². The minimum atomic E-state index is -0.715. The van der Waals surface area contributed by atoms with E-state index in [0.29, 0.717) is 24.7 Å². The highest BCUT2D eigenvalue weighted by Gasteiger charge is 2.11. The van der Waals surface area contributed by atoms with E-state index in [0.717, 1.165) is 16.5 Å². The van der Waals surface area contributed by atoms with Crippen LogP contribution < -0.4 is 20.6 Å². The zero-order valence-electron chi connectivity index (χ0n) is 11.5. The molecule has 0 atom stereocenters. The topological polar surface area (TPSA) is 85.9 Å². The van der Waals surface area contributed by atoms with Crippen molar-refractivity contribution in [3.05, 3.63) is 22.2 Å². The number of halogens is 1. The Balaban J connectivity index is 2.99.